The molecule has 0 aromatic heterocycles. The lowest BCUT2D eigenvalue weighted by atomic mass is 9.95. The van der Waals surface area contributed by atoms with E-state index < -0.39 is 5.97 Å². The molecule has 2 aromatic rings. The van der Waals surface area contributed by atoms with Gasteiger partial charge in [0.2, 0.25) is 0 Å². The third kappa shape index (κ3) is 2.62. The molecular formula is C15H13BrO2. The van der Waals surface area contributed by atoms with E-state index in [1.54, 1.807) is 12.1 Å². The smallest absolute Gasteiger partial charge is 0.335 e. The fraction of sp³-hybridized carbons (Fsp3) is 0.133. The van der Waals surface area contributed by atoms with Crippen molar-refractivity contribution in [1.29, 1.82) is 0 Å². The Morgan fingerprint density at radius 3 is 2.44 bits per heavy atom. The van der Waals surface area contributed by atoms with E-state index >= 15 is 0 Å². The van der Waals surface area contributed by atoms with Crippen LogP contribution >= 0.6 is 15.9 Å². The van der Waals surface area contributed by atoms with Crippen molar-refractivity contribution in [2.24, 2.45) is 0 Å². The van der Waals surface area contributed by atoms with Crippen molar-refractivity contribution in [1.82, 2.24) is 0 Å². The Morgan fingerprint density at radius 2 is 1.83 bits per heavy atom. The topological polar surface area (TPSA) is 37.3 Å². The van der Waals surface area contributed by atoms with E-state index in [1.807, 2.05) is 37.3 Å². The lowest BCUT2D eigenvalue weighted by Gasteiger charge is -2.11. The van der Waals surface area contributed by atoms with Crippen LogP contribution in [0.4, 0.5) is 0 Å². The van der Waals surface area contributed by atoms with Gasteiger partial charge in [-0.05, 0) is 42.2 Å². The maximum absolute atomic E-state index is 11.3. The largest absolute Gasteiger partial charge is 0.478 e. The molecule has 0 saturated heterocycles. The first-order valence-electron chi connectivity index (χ1n) is 5.65. The Morgan fingerprint density at radius 1 is 1.17 bits per heavy atom. The highest BCUT2D eigenvalue weighted by molar-refractivity contribution is 9.10. The highest BCUT2D eigenvalue weighted by atomic mass is 79.9. The Bertz CT molecular complexity index is 577. The lowest BCUT2D eigenvalue weighted by Crippen LogP contribution is -2.05. The summed E-state index contributed by atoms with van der Waals surface area (Å²) in [4.78, 5) is 11.3. The molecule has 0 heterocycles. The van der Waals surface area contributed by atoms with Crippen LogP contribution in [0.1, 0.15) is 27.0 Å². The predicted molar refractivity (Wildman–Crippen MR) is 75.1 cm³/mol. The van der Waals surface area contributed by atoms with Gasteiger partial charge in [0.25, 0.3) is 0 Å². The Balaban J connectivity index is 2.48. The SMILES string of the molecule is Cc1c(Br)ccc(C(=O)O)c1Cc1ccccc1. The maximum Gasteiger partial charge on any atom is 0.335 e. The van der Waals surface area contributed by atoms with Crippen LogP contribution < -0.4 is 0 Å². The molecular weight excluding hydrogens is 292 g/mol. The van der Waals surface area contributed by atoms with Crippen molar-refractivity contribution in [3.05, 3.63) is 69.2 Å². The van der Waals surface area contributed by atoms with E-state index in [-0.39, 0.29) is 0 Å². The second kappa shape index (κ2) is 5.36. The van der Waals surface area contributed by atoms with Crippen LogP contribution in [0, 0.1) is 6.92 Å². The number of benzene rings is 2. The van der Waals surface area contributed by atoms with E-state index in [2.05, 4.69) is 15.9 Å². The van der Waals surface area contributed by atoms with E-state index in [1.165, 1.54) is 0 Å². The van der Waals surface area contributed by atoms with E-state index in [9.17, 15) is 9.90 Å². The Hall–Kier alpha value is -1.61. The average molecular weight is 305 g/mol. The van der Waals surface area contributed by atoms with E-state index in [0.717, 1.165) is 21.2 Å². The van der Waals surface area contributed by atoms with Crippen LogP contribution in [0.15, 0.2) is 46.9 Å². The molecule has 18 heavy (non-hydrogen) atoms. The first-order valence-corrected chi connectivity index (χ1v) is 6.44. The van der Waals surface area contributed by atoms with Crippen molar-refractivity contribution < 1.29 is 9.90 Å². The van der Waals surface area contributed by atoms with E-state index in [4.69, 9.17) is 0 Å². The normalized spacial score (nSPS) is 10.3. The summed E-state index contributed by atoms with van der Waals surface area (Å²) in [6.07, 6.45) is 0.633. The molecule has 0 spiro atoms. The first-order chi connectivity index (χ1) is 8.59. The number of hydrogen-bond acceptors (Lipinski definition) is 1. The summed E-state index contributed by atoms with van der Waals surface area (Å²) in [6.45, 7) is 1.94. The zero-order valence-corrected chi connectivity index (χ0v) is 11.6. The van der Waals surface area contributed by atoms with Gasteiger partial charge in [0.05, 0.1) is 5.56 Å². The van der Waals surface area contributed by atoms with Crippen molar-refractivity contribution in [3.63, 3.8) is 0 Å². The number of rotatable bonds is 3. The van der Waals surface area contributed by atoms with Crippen LogP contribution in [0.3, 0.4) is 0 Å². The fourth-order valence-electron chi connectivity index (χ4n) is 1.96. The molecule has 2 rings (SSSR count). The zero-order chi connectivity index (χ0) is 13.1. The third-order valence-electron chi connectivity index (χ3n) is 2.99. The van der Waals surface area contributed by atoms with Crippen LogP contribution in [-0.2, 0) is 6.42 Å². The second-order valence-electron chi connectivity index (χ2n) is 4.17. The van der Waals surface area contributed by atoms with Gasteiger partial charge in [-0.3, -0.25) is 0 Å². The van der Waals surface area contributed by atoms with Gasteiger partial charge >= 0.3 is 5.97 Å². The summed E-state index contributed by atoms with van der Waals surface area (Å²) in [5.41, 5.74) is 3.34. The molecule has 0 saturated carbocycles. The number of carboxylic acid groups (broad SMARTS) is 1. The molecule has 0 aliphatic rings. The number of hydrogen-bond donors (Lipinski definition) is 1. The molecule has 0 bridgehead atoms. The van der Waals surface area contributed by atoms with Crippen LogP contribution in [0.2, 0.25) is 0 Å². The summed E-state index contributed by atoms with van der Waals surface area (Å²) in [6, 6.07) is 13.3. The maximum atomic E-state index is 11.3. The summed E-state index contributed by atoms with van der Waals surface area (Å²) in [7, 11) is 0. The summed E-state index contributed by atoms with van der Waals surface area (Å²) >= 11 is 3.45. The van der Waals surface area contributed by atoms with Gasteiger partial charge in [0.1, 0.15) is 0 Å². The van der Waals surface area contributed by atoms with Crippen molar-refractivity contribution in [2.45, 2.75) is 13.3 Å². The standard InChI is InChI=1S/C15H13BrO2/c1-10-13(9-11-5-3-2-4-6-11)12(15(17)18)7-8-14(10)16/h2-8H,9H2,1H3,(H,17,18). The van der Waals surface area contributed by atoms with Gasteiger partial charge < -0.3 is 5.11 Å². The highest BCUT2D eigenvalue weighted by Crippen LogP contribution is 2.25. The highest BCUT2D eigenvalue weighted by Gasteiger charge is 2.14. The van der Waals surface area contributed by atoms with Gasteiger partial charge in [-0.1, -0.05) is 46.3 Å². The van der Waals surface area contributed by atoms with Crippen LogP contribution in [-0.4, -0.2) is 11.1 Å². The number of halogens is 1. The molecule has 0 aliphatic carbocycles. The molecule has 0 amide bonds. The van der Waals surface area contributed by atoms with Crippen molar-refractivity contribution in [3.8, 4) is 0 Å². The molecule has 3 heteroatoms. The average Bonchev–Trinajstić information content (AvgIpc) is 2.36. The first kappa shape index (κ1) is 12.8. The minimum atomic E-state index is -0.878. The Labute approximate surface area is 114 Å². The summed E-state index contributed by atoms with van der Waals surface area (Å²) < 4.78 is 0.943. The fourth-order valence-corrected chi connectivity index (χ4v) is 2.33. The molecule has 92 valence electrons. The molecule has 0 radical (unpaired) electrons. The minimum Gasteiger partial charge on any atom is -0.478 e. The van der Waals surface area contributed by atoms with Crippen LogP contribution in [0.25, 0.3) is 0 Å². The molecule has 2 aromatic carbocycles. The van der Waals surface area contributed by atoms with Gasteiger partial charge in [-0.25, -0.2) is 4.79 Å². The van der Waals surface area contributed by atoms with Gasteiger partial charge in [0.15, 0.2) is 0 Å². The van der Waals surface area contributed by atoms with Gasteiger partial charge in [-0.2, -0.15) is 0 Å². The third-order valence-corrected chi connectivity index (χ3v) is 3.85. The molecule has 0 unspecified atom stereocenters. The molecule has 0 atom stereocenters. The molecule has 0 aliphatic heterocycles. The zero-order valence-electron chi connectivity index (χ0n) is 9.98. The predicted octanol–water partition coefficient (Wildman–Crippen LogP) is 4.05. The van der Waals surface area contributed by atoms with E-state index in [0.29, 0.717) is 12.0 Å². The minimum absolute atomic E-state index is 0.375. The number of carboxylic acids is 1. The number of aromatic carboxylic acids is 1. The molecule has 0 fully saturated rings. The van der Waals surface area contributed by atoms with Gasteiger partial charge in [-0.15, -0.1) is 0 Å². The summed E-state index contributed by atoms with van der Waals surface area (Å²) in [5.74, 6) is -0.878. The molecule has 2 nitrogen and oxygen atoms in total. The molecule has 1 N–H and O–H groups in total. The lowest BCUT2D eigenvalue weighted by molar-refractivity contribution is 0.0695. The van der Waals surface area contributed by atoms with Crippen molar-refractivity contribution in [2.75, 3.05) is 0 Å². The van der Waals surface area contributed by atoms with Crippen molar-refractivity contribution >= 4 is 21.9 Å². The number of carbonyl (C=O) groups is 1. The van der Waals surface area contributed by atoms with Crippen LogP contribution in [0.5, 0.6) is 0 Å². The Kier molecular flexibility index (Phi) is 3.82. The monoisotopic (exact) mass is 304 g/mol. The second-order valence-corrected chi connectivity index (χ2v) is 5.02. The summed E-state index contributed by atoms with van der Waals surface area (Å²) in [5, 5.41) is 9.24. The quantitative estimate of drug-likeness (QED) is 0.929. The van der Waals surface area contributed by atoms with Gasteiger partial charge in [0, 0.05) is 4.47 Å².